The van der Waals surface area contributed by atoms with Gasteiger partial charge < -0.3 is 14.2 Å². The lowest BCUT2D eigenvalue weighted by Crippen LogP contribution is -2.07. The van der Waals surface area contributed by atoms with Crippen molar-refractivity contribution < 1.29 is 14.2 Å². The highest BCUT2D eigenvalue weighted by molar-refractivity contribution is 5.28. The van der Waals surface area contributed by atoms with E-state index in [2.05, 4.69) is 5.10 Å². The van der Waals surface area contributed by atoms with Crippen molar-refractivity contribution in [3.05, 3.63) is 47.8 Å². The lowest BCUT2D eigenvalue weighted by atomic mass is 10.2. The van der Waals surface area contributed by atoms with Crippen molar-refractivity contribution in [1.29, 1.82) is 0 Å². The highest BCUT2D eigenvalue weighted by Gasteiger charge is 2.12. The average molecular weight is 262 g/mol. The third-order valence-electron chi connectivity index (χ3n) is 2.81. The van der Waals surface area contributed by atoms with Crippen molar-refractivity contribution in [2.24, 2.45) is 0 Å². The lowest BCUT2D eigenvalue weighted by Gasteiger charge is -2.10. The molecule has 2 rings (SSSR count). The van der Waals surface area contributed by atoms with Crippen LogP contribution in [-0.2, 0) is 16.0 Å². The summed E-state index contributed by atoms with van der Waals surface area (Å²) in [6.45, 7) is 0.678. The summed E-state index contributed by atoms with van der Waals surface area (Å²) in [6, 6.07) is 9.80. The molecule has 2 aromatic rings. The SMILES string of the molecule is COc1cccc(Cn2ccc(C(OC)OC)n2)c1. The first kappa shape index (κ1) is 13.6. The highest BCUT2D eigenvalue weighted by Crippen LogP contribution is 2.16. The van der Waals surface area contributed by atoms with Gasteiger partial charge in [-0.15, -0.1) is 0 Å². The number of rotatable bonds is 6. The van der Waals surface area contributed by atoms with Crippen molar-refractivity contribution in [3.8, 4) is 5.75 Å². The highest BCUT2D eigenvalue weighted by atomic mass is 16.7. The Hall–Kier alpha value is -1.85. The molecule has 0 atom stereocenters. The fourth-order valence-corrected chi connectivity index (χ4v) is 1.89. The van der Waals surface area contributed by atoms with Crippen LogP contribution in [0.2, 0.25) is 0 Å². The van der Waals surface area contributed by atoms with E-state index in [1.165, 1.54) is 0 Å². The molecule has 5 heteroatoms. The van der Waals surface area contributed by atoms with Gasteiger partial charge in [0, 0.05) is 20.4 Å². The zero-order valence-electron chi connectivity index (χ0n) is 11.4. The molecular weight excluding hydrogens is 244 g/mol. The number of hydrogen-bond acceptors (Lipinski definition) is 4. The molecule has 5 nitrogen and oxygen atoms in total. The van der Waals surface area contributed by atoms with E-state index in [1.807, 2.05) is 41.2 Å². The molecule has 1 aromatic carbocycles. The number of ether oxygens (including phenoxy) is 3. The predicted molar refractivity (Wildman–Crippen MR) is 71.1 cm³/mol. The normalized spacial score (nSPS) is 10.9. The quantitative estimate of drug-likeness (QED) is 0.749. The first-order valence-electron chi connectivity index (χ1n) is 5.98. The van der Waals surface area contributed by atoms with Crippen LogP contribution < -0.4 is 4.74 Å². The standard InChI is InChI=1S/C14H18N2O3/c1-17-12-6-4-5-11(9-12)10-16-8-7-13(15-16)14(18-2)19-3/h4-9,14H,10H2,1-3H3. The molecule has 0 fully saturated rings. The van der Waals surface area contributed by atoms with Gasteiger partial charge >= 0.3 is 0 Å². The van der Waals surface area contributed by atoms with Gasteiger partial charge in [0.05, 0.1) is 13.7 Å². The third kappa shape index (κ3) is 3.33. The van der Waals surface area contributed by atoms with Gasteiger partial charge in [0.15, 0.2) is 0 Å². The topological polar surface area (TPSA) is 45.5 Å². The molecule has 0 aliphatic rings. The van der Waals surface area contributed by atoms with E-state index in [0.29, 0.717) is 6.54 Å². The average Bonchev–Trinajstić information content (AvgIpc) is 2.89. The Morgan fingerprint density at radius 2 is 1.95 bits per heavy atom. The third-order valence-corrected chi connectivity index (χ3v) is 2.81. The molecule has 0 saturated heterocycles. The summed E-state index contributed by atoms with van der Waals surface area (Å²) in [7, 11) is 4.84. The Morgan fingerprint density at radius 3 is 2.63 bits per heavy atom. The van der Waals surface area contributed by atoms with Crippen molar-refractivity contribution in [3.63, 3.8) is 0 Å². The predicted octanol–water partition coefficient (Wildman–Crippen LogP) is 2.23. The molecule has 0 amide bonds. The molecule has 1 heterocycles. The van der Waals surface area contributed by atoms with Gasteiger partial charge in [-0.1, -0.05) is 12.1 Å². The second-order valence-corrected chi connectivity index (χ2v) is 4.09. The van der Waals surface area contributed by atoms with E-state index in [9.17, 15) is 0 Å². The van der Waals surface area contributed by atoms with Crippen LogP contribution >= 0.6 is 0 Å². The summed E-state index contributed by atoms with van der Waals surface area (Å²) in [5.74, 6) is 0.844. The van der Waals surface area contributed by atoms with Crippen LogP contribution in [-0.4, -0.2) is 31.1 Å². The zero-order valence-corrected chi connectivity index (χ0v) is 11.4. The number of benzene rings is 1. The molecule has 19 heavy (non-hydrogen) atoms. The summed E-state index contributed by atoms with van der Waals surface area (Å²) in [6.07, 6.45) is 1.48. The van der Waals surface area contributed by atoms with E-state index < -0.39 is 6.29 Å². The molecule has 0 N–H and O–H groups in total. The Bertz CT molecular complexity index is 521. The van der Waals surface area contributed by atoms with Crippen LogP contribution in [0.4, 0.5) is 0 Å². The van der Waals surface area contributed by atoms with E-state index in [0.717, 1.165) is 17.0 Å². The van der Waals surface area contributed by atoms with Crippen LogP contribution in [0.25, 0.3) is 0 Å². The summed E-state index contributed by atoms with van der Waals surface area (Å²) in [5, 5.41) is 4.43. The van der Waals surface area contributed by atoms with Crippen LogP contribution in [0, 0.1) is 0 Å². The fourth-order valence-electron chi connectivity index (χ4n) is 1.89. The first-order valence-corrected chi connectivity index (χ1v) is 5.98. The van der Waals surface area contributed by atoms with Crippen molar-refractivity contribution in [1.82, 2.24) is 9.78 Å². The van der Waals surface area contributed by atoms with Gasteiger partial charge in [-0.2, -0.15) is 5.10 Å². The molecule has 102 valence electrons. The van der Waals surface area contributed by atoms with Crippen molar-refractivity contribution >= 4 is 0 Å². The van der Waals surface area contributed by atoms with Crippen LogP contribution in [0.1, 0.15) is 17.5 Å². The van der Waals surface area contributed by atoms with Gasteiger partial charge in [0.25, 0.3) is 0 Å². The number of aromatic nitrogens is 2. The second-order valence-electron chi connectivity index (χ2n) is 4.09. The molecule has 1 aromatic heterocycles. The molecule has 0 aliphatic heterocycles. The van der Waals surface area contributed by atoms with E-state index in [4.69, 9.17) is 14.2 Å². The summed E-state index contributed by atoms with van der Waals surface area (Å²) in [4.78, 5) is 0. The zero-order chi connectivity index (χ0) is 13.7. The number of nitrogens with zero attached hydrogens (tertiary/aromatic N) is 2. The van der Waals surface area contributed by atoms with Crippen LogP contribution in [0.3, 0.4) is 0 Å². The number of methoxy groups -OCH3 is 3. The minimum absolute atomic E-state index is 0.424. The molecular formula is C14H18N2O3. The molecule has 0 unspecified atom stereocenters. The van der Waals surface area contributed by atoms with Gasteiger partial charge in [-0.25, -0.2) is 0 Å². The van der Waals surface area contributed by atoms with E-state index in [1.54, 1.807) is 21.3 Å². The minimum Gasteiger partial charge on any atom is -0.497 e. The van der Waals surface area contributed by atoms with Crippen LogP contribution in [0.15, 0.2) is 36.5 Å². The Morgan fingerprint density at radius 1 is 1.16 bits per heavy atom. The lowest BCUT2D eigenvalue weighted by molar-refractivity contribution is -0.108. The Kier molecular flexibility index (Phi) is 4.54. The molecule has 0 aliphatic carbocycles. The Balaban J connectivity index is 2.10. The largest absolute Gasteiger partial charge is 0.497 e. The Labute approximate surface area is 112 Å². The monoisotopic (exact) mass is 262 g/mol. The summed E-state index contributed by atoms with van der Waals surface area (Å²) < 4.78 is 17.4. The fraction of sp³-hybridized carbons (Fsp3) is 0.357. The maximum Gasteiger partial charge on any atom is 0.202 e. The summed E-state index contributed by atoms with van der Waals surface area (Å²) in [5.41, 5.74) is 1.88. The van der Waals surface area contributed by atoms with E-state index >= 15 is 0 Å². The summed E-state index contributed by atoms with van der Waals surface area (Å²) >= 11 is 0. The molecule has 0 radical (unpaired) electrons. The van der Waals surface area contributed by atoms with Crippen molar-refractivity contribution in [2.45, 2.75) is 12.8 Å². The smallest absolute Gasteiger partial charge is 0.202 e. The van der Waals surface area contributed by atoms with Gasteiger partial charge in [0.1, 0.15) is 11.4 Å². The maximum absolute atomic E-state index is 5.20. The second kappa shape index (κ2) is 6.36. The van der Waals surface area contributed by atoms with Crippen molar-refractivity contribution in [2.75, 3.05) is 21.3 Å². The number of hydrogen-bond donors (Lipinski definition) is 0. The van der Waals surface area contributed by atoms with E-state index in [-0.39, 0.29) is 0 Å². The maximum atomic E-state index is 5.20. The molecule has 0 spiro atoms. The van der Waals surface area contributed by atoms with Gasteiger partial charge in [0.2, 0.25) is 6.29 Å². The van der Waals surface area contributed by atoms with Gasteiger partial charge in [-0.05, 0) is 23.8 Å². The van der Waals surface area contributed by atoms with Gasteiger partial charge in [-0.3, -0.25) is 4.68 Å². The first-order chi connectivity index (χ1) is 9.26. The molecule has 0 bridgehead atoms. The molecule has 0 saturated carbocycles. The minimum atomic E-state index is -0.424. The van der Waals surface area contributed by atoms with Crippen LogP contribution in [0.5, 0.6) is 5.75 Å².